The molecule has 1 aromatic rings. The summed E-state index contributed by atoms with van der Waals surface area (Å²) in [6.07, 6.45) is 0.843. The highest BCUT2D eigenvalue weighted by molar-refractivity contribution is 5.93. The van der Waals surface area contributed by atoms with Crippen molar-refractivity contribution >= 4 is 17.6 Å². The molecule has 1 saturated carbocycles. The van der Waals surface area contributed by atoms with Crippen LogP contribution in [0.5, 0.6) is 0 Å². The molecule has 1 aliphatic rings. The number of carbonyl (C=O) groups is 2. The molecule has 0 aromatic heterocycles. The van der Waals surface area contributed by atoms with Crippen molar-refractivity contribution in [2.24, 2.45) is 11.8 Å². The van der Waals surface area contributed by atoms with Gasteiger partial charge < -0.3 is 10.1 Å². The third kappa shape index (κ3) is 3.55. The maximum atomic E-state index is 11.5. The van der Waals surface area contributed by atoms with Crippen LogP contribution >= 0.6 is 0 Å². The van der Waals surface area contributed by atoms with Crippen molar-refractivity contribution in [1.29, 1.82) is 5.26 Å². The van der Waals surface area contributed by atoms with E-state index in [9.17, 15) is 9.59 Å². The lowest BCUT2D eigenvalue weighted by atomic mass is 10.2. The minimum Gasteiger partial charge on any atom is -0.455 e. The molecule has 1 aromatic carbocycles. The summed E-state index contributed by atoms with van der Waals surface area (Å²) >= 11 is 0. The lowest BCUT2D eigenvalue weighted by Crippen LogP contribution is -2.21. The average Bonchev–Trinajstić information content (AvgIpc) is 3.14. The normalized spacial score (nSPS) is 20.2. The van der Waals surface area contributed by atoms with Crippen LogP contribution in [0, 0.1) is 23.2 Å². The van der Waals surface area contributed by atoms with Gasteiger partial charge in [-0.2, -0.15) is 5.26 Å². The second-order valence-corrected chi connectivity index (χ2v) is 4.66. The van der Waals surface area contributed by atoms with Crippen molar-refractivity contribution in [3.63, 3.8) is 0 Å². The fourth-order valence-corrected chi connectivity index (χ4v) is 1.72. The molecule has 1 aliphatic carbocycles. The highest BCUT2D eigenvalue weighted by atomic mass is 16.5. The molecular formula is C14H14N2O3. The Balaban J connectivity index is 1.77. The second-order valence-electron chi connectivity index (χ2n) is 4.66. The molecule has 0 heterocycles. The van der Waals surface area contributed by atoms with Gasteiger partial charge in [0.25, 0.3) is 5.91 Å². The molecule has 2 rings (SSSR count). The molecule has 0 bridgehead atoms. The number of benzene rings is 1. The van der Waals surface area contributed by atoms with E-state index in [1.54, 1.807) is 24.3 Å². The zero-order valence-electron chi connectivity index (χ0n) is 10.6. The van der Waals surface area contributed by atoms with Gasteiger partial charge in [0.1, 0.15) is 0 Å². The number of rotatable bonds is 4. The van der Waals surface area contributed by atoms with Crippen molar-refractivity contribution in [1.82, 2.24) is 0 Å². The predicted octanol–water partition coefficient (Wildman–Crippen LogP) is 1.70. The number of nitriles is 1. The number of esters is 1. The van der Waals surface area contributed by atoms with E-state index in [2.05, 4.69) is 5.32 Å². The summed E-state index contributed by atoms with van der Waals surface area (Å²) in [7, 11) is 0. The standard InChI is InChI=1S/C14H14N2O3/c1-9-6-12(9)14(18)19-8-13(17)16-11-4-2-10(7-15)3-5-11/h2-5,9,12H,6,8H2,1H3,(H,16,17)/t9-,12-/m1/s1. The Morgan fingerprint density at radius 3 is 2.58 bits per heavy atom. The third-order valence-electron chi connectivity index (χ3n) is 3.06. The van der Waals surface area contributed by atoms with E-state index in [-0.39, 0.29) is 24.4 Å². The average molecular weight is 258 g/mol. The first-order chi connectivity index (χ1) is 9.10. The van der Waals surface area contributed by atoms with Gasteiger partial charge in [0.05, 0.1) is 17.6 Å². The van der Waals surface area contributed by atoms with Gasteiger partial charge in [-0.25, -0.2) is 0 Å². The van der Waals surface area contributed by atoms with E-state index in [1.807, 2.05) is 13.0 Å². The fraction of sp³-hybridized carbons (Fsp3) is 0.357. The predicted molar refractivity (Wildman–Crippen MR) is 68.0 cm³/mol. The SMILES string of the molecule is C[C@@H]1C[C@H]1C(=O)OCC(=O)Nc1ccc(C#N)cc1. The number of amides is 1. The Hall–Kier alpha value is -2.35. The van der Waals surface area contributed by atoms with Crippen molar-refractivity contribution in [2.45, 2.75) is 13.3 Å². The summed E-state index contributed by atoms with van der Waals surface area (Å²) in [5.74, 6) is -0.356. The van der Waals surface area contributed by atoms with Crippen molar-refractivity contribution in [2.75, 3.05) is 11.9 Å². The smallest absolute Gasteiger partial charge is 0.309 e. The summed E-state index contributed by atoms with van der Waals surface area (Å²) < 4.78 is 4.91. The van der Waals surface area contributed by atoms with Crippen molar-refractivity contribution < 1.29 is 14.3 Å². The van der Waals surface area contributed by atoms with E-state index >= 15 is 0 Å². The maximum absolute atomic E-state index is 11.5. The molecule has 0 radical (unpaired) electrons. The Kier molecular flexibility index (Phi) is 3.81. The highest BCUT2D eigenvalue weighted by Gasteiger charge is 2.40. The van der Waals surface area contributed by atoms with Crippen molar-refractivity contribution in [3.8, 4) is 6.07 Å². The number of nitrogens with one attached hydrogen (secondary N) is 1. The van der Waals surface area contributed by atoms with Gasteiger partial charge in [0.15, 0.2) is 6.61 Å². The van der Waals surface area contributed by atoms with Gasteiger partial charge in [-0.15, -0.1) is 0 Å². The van der Waals surface area contributed by atoms with Crippen molar-refractivity contribution in [3.05, 3.63) is 29.8 Å². The molecule has 19 heavy (non-hydrogen) atoms. The Bertz CT molecular complexity index is 531. The quantitative estimate of drug-likeness (QED) is 0.833. The number of nitrogens with zero attached hydrogens (tertiary/aromatic N) is 1. The number of hydrogen-bond acceptors (Lipinski definition) is 4. The molecule has 5 heteroatoms. The van der Waals surface area contributed by atoms with Gasteiger partial charge in [-0.1, -0.05) is 6.92 Å². The van der Waals surface area contributed by atoms with Crippen LogP contribution in [0.2, 0.25) is 0 Å². The van der Waals surface area contributed by atoms with Crippen LogP contribution in [0.3, 0.4) is 0 Å². The molecule has 1 N–H and O–H groups in total. The van der Waals surface area contributed by atoms with Gasteiger partial charge >= 0.3 is 5.97 Å². The molecule has 0 aliphatic heterocycles. The van der Waals surface area contributed by atoms with E-state index in [0.29, 0.717) is 17.2 Å². The minimum atomic E-state index is -0.383. The molecule has 0 spiro atoms. The molecule has 0 saturated heterocycles. The summed E-state index contributed by atoms with van der Waals surface area (Å²) in [4.78, 5) is 23.0. The molecule has 5 nitrogen and oxygen atoms in total. The van der Waals surface area contributed by atoms with Crippen LogP contribution in [0.15, 0.2) is 24.3 Å². The number of carbonyl (C=O) groups excluding carboxylic acids is 2. The molecular weight excluding hydrogens is 244 g/mol. The van der Waals surface area contributed by atoms with Crippen LogP contribution in [0.25, 0.3) is 0 Å². The van der Waals surface area contributed by atoms with Gasteiger partial charge in [-0.05, 0) is 36.6 Å². The summed E-state index contributed by atoms with van der Waals surface area (Å²) in [5.41, 5.74) is 1.09. The molecule has 1 amide bonds. The van der Waals surface area contributed by atoms with E-state index < -0.39 is 0 Å². The van der Waals surface area contributed by atoms with Crippen LogP contribution in [0.4, 0.5) is 5.69 Å². The zero-order chi connectivity index (χ0) is 13.8. The number of hydrogen-bond donors (Lipinski definition) is 1. The molecule has 2 atom stereocenters. The third-order valence-corrected chi connectivity index (χ3v) is 3.06. The monoisotopic (exact) mass is 258 g/mol. The first-order valence-corrected chi connectivity index (χ1v) is 6.07. The van der Waals surface area contributed by atoms with Crippen LogP contribution in [0.1, 0.15) is 18.9 Å². The van der Waals surface area contributed by atoms with E-state index in [1.165, 1.54) is 0 Å². The summed E-state index contributed by atoms with van der Waals surface area (Å²) in [6.45, 7) is 1.70. The molecule has 1 fully saturated rings. The Labute approximate surface area is 111 Å². The lowest BCUT2D eigenvalue weighted by Gasteiger charge is -2.06. The van der Waals surface area contributed by atoms with Crippen LogP contribution in [-0.4, -0.2) is 18.5 Å². The van der Waals surface area contributed by atoms with Crippen LogP contribution in [-0.2, 0) is 14.3 Å². The van der Waals surface area contributed by atoms with Gasteiger partial charge in [-0.3, -0.25) is 9.59 Å². The molecule has 0 unspecified atom stereocenters. The number of ether oxygens (including phenoxy) is 1. The van der Waals surface area contributed by atoms with Crippen LogP contribution < -0.4 is 5.32 Å². The topological polar surface area (TPSA) is 79.2 Å². The fourth-order valence-electron chi connectivity index (χ4n) is 1.72. The summed E-state index contributed by atoms with van der Waals surface area (Å²) in [5, 5.41) is 11.2. The Morgan fingerprint density at radius 2 is 2.05 bits per heavy atom. The van der Waals surface area contributed by atoms with E-state index in [4.69, 9.17) is 10.00 Å². The van der Waals surface area contributed by atoms with E-state index in [0.717, 1.165) is 6.42 Å². The number of anilines is 1. The summed E-state index contributed by atoms with van der Waals surface area (Å²) in [6, 6.07) is 8.45. The lowest BCUT2D eigenvalue weighted by molar-refractivity contribution is -0.148. The largest absolute Gasteiger partial charge is 0.455 e. The second kappa shape index (κ2) is 5.53. The van der Waals surface area contributed by atoms with Gasteiger partial charge in [0.2, 0.25) is 0 Å². The zero-order valence-corrected chi connectivity index (χ0v) is 10.6. The minimum absolute atomic E-state index is 0.0392. The van der Waals surface area contributed by atoms with Gasteiger partial charge in [0, 0.05) is 5.69 Å². The highest BCUT2D eigenvalue weighted by Crippen LogP contribution is 2.38. The first-order valence-electron chi connectivity index (χ1n) is 6.07. The molecule has 98 valence electrons. The first kappa shape index (κ1) is 13.1. The Morgan fingerprint density at radius 1 is 1.42 bits per heavy atom. The maximum Gasteiger partial charge on any atom is 0.309 e.